The molecule has 0 bridgehead atoms. The number of aromatic nitrogens is 6. The number of nitrogens with two attached hydrogens (primary N) is 1. The van der Waals surface area contributed by atoms with Gasteiger partial charge in [-0.1, -0.05) is 36.4 Å². The molecule has 3 aromatic heterocycles. The van der Waals surface area contributed by atoms with Crippen LogP contribution >= 0.6 is 10.8 Å². The van der Waals surface area contributed by atoms with Crippen molar-refractivity contribution in [1.82, 2.24) is 34.1 Å². The van der Waals surface area contributed by atoms with E-state index in [0.717, 1.165) is 38.9 Å². The third kappa shape index (κ3) is 5.79. The first-order valence-electron chi connectivity index (χ1n) is 15.0. The van der Waals surface area contributed by atoms with Crippen LogP contribution in [0.4, 0.5) is 5.82 Å². The zero-order valence-corrected chi connectivity index (χ0v) is 26.6. The molecule has 0 spiro atoms. The zero-order valence-electron chi connectivity index (χ0n) is 25.8. The fraction of sp³-hybridized carbons (Fsp3) is 0.344. The number of anilines is 1. The quantitative estimate of drug-likeness (QED) is 0.191. The van der Waals surface area contributed by atoms with Gasteiger partial charge in [0.25, 0.3) is 0 Å². The molecule has 1 aliphatic rings. The number of hydrogen-bond donors (Lipinski definition) is 3. The van der Waals surface area contributed by atoms with Crippen molar-refractivity contribution in [2.75, 3.05) is 12.3 Å². The fourth-order valence-electron chi connectivity index (χ4n) is 5.92. The summed E-state index contributed by atoms with van der Waals surface area (Å²) in [5, 5.41) is 12.9. The van der Waals surface area contributed by atoms with Gasteiger partial charge < -0.3 is 10.5 Å². The molecule has 6 rings (SSSR count). The Morgan fingerprint density at radius 1 is 1.16 bits per heavy atom. The molecule has 0 fully saturated rings. The number of nitrogen functional groups attached to an aromatic ring is 1. The minimum Gasteiger partial charge on any atom is -0.472 e. The Hall–Kier alpha value is -4.30. The minimum atomic E-state index is -3.40. The summed E-state index contributed by atoms with van der Waals surface area (Å²) in [6.07, 6.45) is 3.69. The highest BCUT2D eigenvalue weighted by molar-refractivity contribution is 8.22. The molecule has 45 heavy (non-hydrogen) atoms. The molecule has 2 atom stereocenters. The standard InChI is InChI=1S/C32H38N8O4S/c1-5-24-19-38(45(42,43)28-8-7-14-34-32(28)44-24)18-23-16-22(10-9-20(23)3)26(17-30(41)40-15-13-29(33)36-40)25-11-12-27-31(21(25)4)35-37-39(27)6-2/h7-16,24,26,42-43H,5-6,17-19H2,1-4H3,(H2,33,36). The van der Waals surface area contributed by atoms with E-state index in [2.05, 4.69) is 26.5 Å². The van der Waals surface area contributed by atoms with Crippen molar-refractivity contribution >= 4 is 33.5 Å². The molecule has 5 aromatic rings. The molecular formula is C32H38N8O4S. The van der Waals surface area contributed by atoms with Crippen molar-refractivity contribution in [3.05, 3.63) is 88.7 Å². The number of fused-ring (bicyclic) bond motifs is 2. The minimum absolute atomic E-state index is 0.127. The van der Waals surface area contributed by atoms with Gasteiger partial charge in [-0.05, 0) is 73.2 Å². The maximum Gasteiger partial charge on any atom is 0.247 e. The van der Waals surface area contributed by atoms with E-state index in [1.807, 2.05) is 56.6 Å². The number of nitrogens with zero attached hydrogens (tertiary/aromatic N) is 7. The van der Waals surface area contributed by atoms with Gasteiger partial charge in [-0.3, -0.25) is 13.9 Å². The maximum absolute atomic E-state index is 13.5. The van der Waals surface area contributed by atoms with E-state index in [4.69, 9.17) is 10.5 Å². The highest BCUT2D eigenvalue weighted by Crippen LogP contribution is 2.57. The van der Waals surface area contributed by atoms with Gasteiger partial charge in [0.15, 0.2) is 0 Å². The Kier molecular flexibility index (Phi) is 8.35. The van der Waals surface area contributed by atoms with Crippen molar-refractivity contribution in [1.29, 1.82) is 0 Å². The predicted octanol–water partition coefficient (Wildman–Crippen LogP) is 5.80. The first-order valence-corrected chi connectivity index (χ1v) is 16.5. The molecule has 2 aromatic carbocycles. The second-order valence-electron chi connectivity index (χ2n) is 11.4. The van der Waals surface area contributed by atoms with Gasteiger partial charge >= 0.3 is 0 Å². The molecule has 2 unspecified atom stereocenters. The Morgan fingerprint density at radius 2 is 1.98 bits per heavy atom. The Balaban J connectivity index is 1.41. The predicted molar refractivity (Wildman–Crippen MR) is 173 cm³/mol. The summed E-state index contributed by atoms with van der Waals surface area (Å²) in [5.74, 6) is -0.0289. The van der Waals surface area contributed by atoms with Crippen molar-refractivity contribution in [2.45, 2.75) is 70.5 Å². The molecule has 0 saturated heterocycles. The molecule has 0 aliphatic carbocycles. The third-order valence-corrected chi connectivity index (χ3v) is 10.5. The first-order chi connectivity index (χ1) is 21.6. The number of ether oxygens (including phenoxy) is 1. The number of rotatable bonds is 8. The van der Waals surface area contributed by atoms with Crippen LogP contribution in [0.1, 0.15) is 65.2 Å². The smallest absolute Gasteiger partial charge is 0.247 e. The zero-order chi connectivity index (χ0) is 31.9. The van der Waals surface area contributed by atoms with Crippen LogP contribution in [0.25, 0.3) is 11.0 Å². The van der Waals surface area contributed by atoms with Crippen molar-refractivity contribution < 1.29 is 18.6 Å². The van der Waals surface area contributed by atoms with E-state index in [1.165, 1.54) is 4.68 Å². The summed E-state index contributed by atoms with van der Waals surface area (Å²) < 4.78 is 34.0. The maximum atomic E-state index is 13.5. The lowest BCUT2D eigenvalue weighted by atomic mass is 9.84. The molecule has 0 radical (unpaired) electrons. The van der Waals surface area contributed by atoms with Gasteiger partial charge in [0, 0.05) is 43.9 Å². The average Bonchev–Trinajstić information content (AvgIpc) is 3.64. The monoisotopic (exact) mass is 630 g/mol. The second kappa shape index (κ2) is 12.2. The summed E-state index contributed by atoms with van der Waals surface area (Å²) in [5.41, 5.74) is 12.2. The molecule has 13 heteroatoms. The fourth-order valence-corrected chi connectivity index (χ4v) is 7.49. The van der Waals surface area contributed by atoms with Crippen LogP contribution < -0.4 is 10.5 Å². The SMILES string of the molecule is CCC1CN(Cc2cc(C(CC(=O)n3ccc(N)n3)c3ccc4c(nnn4CC)c3C)ccc2C)S(O)(O)c2cccnc2O1. The van der Waals surface area contributed by atoms with Crippen molar-refractivity contribution in [3.63, 3.8) is 0 Å². The molecule has 236 valence electrons. The van der Waals surface area contributed by atoms with Crippen LogP contribution in [-0.4, -0.2) is 61.7 Å². The number of aryl methyl sites for hydroxylation is 3. The summed E-state index contributed by atoms with van der Waals surface area (Å²) in [7, 11) is -3.40. The van der Waals surface area contributed by atoms with Crippen LogP contribution in [0, 0.1) is 13.8 Å². The molecule has 12 nitrogen and oxygen atoms in total. The molecular weight excluding hydrogens is 592 g/mol. The number of benzene rings is 2. The van der Waals surface area contributed by atoms with Crippen LogP contribution in [-0.2, 0) is 13.1 Å². The van der Waals surface area contributed by atoms with Crippen LogP contribution in [0.15, 0.2) is 65.8 Å². The van der Waals surface area contributed by atoms with E-state index in [1.54, 1.807) is 34.9 Å². The summed E-state index contributed by atoms with van der Waals surface area (Å²) in [6, 6.07) is 15.1. The second-order valence-corrected chi connectivity index (χ2v) is 13.4. The summed E-state index contributed by atoms with van der Waals surface area (Å²) in [6.45, 7) is 9.29. The van der Waals surface area contributed by atoms with Crippen LogP contribution in [0.3, 0.4) is 0 Å². The average molecular weight is 631 g/mol. The lowest BCUT2D eigenvalue weighted by Crippen LogP contribution is -2.34. The van der Waals surface area contributed by atoms with Gasteiger partial charge in [0.2, 0.25) is 11.8 Å². The molecule has 1 aliphatic heterocycles. The van der Waals surface area contributed by atoms with Crippen LogP contribution in [0.2, 0.25) is 0 Å². The lowest BCUT2D eigenvalue weighted by Gasteiger charge is -2.41. The van der Waals surface area contributed by atoms with E-state index in [0.29, 0.717) is 19.5 Å². The highest BCUT2D eigenvalue weighted by atomic mass is 32.3. The normalized spacial score (nSPS) is 17.8. The lowest BCUT2D eigenvalue weighted by molar-refractivity contribution is 0.0881. The Morgan fingerprint density at radius 3 is 2.71 bits per heavy atom. The molecule has 0 saturated carbocycles. The molecule has 4 heterocycles. The Labute approximate surface area is 263 Å². The van der Waals surface area contributed by atoms with Gasteiger partial charge in [-0.2, -0.15) is 4.31 Å². The first kappa shape index (κ1) is 30.7. The van der Waals surface area contributed by atoms with Crippen LogP contribution in [0.5, 0.6) is 5.88 Å². The topological polar surface area (TPSA) is 157 Å². The van der Waals surface area contributed by atoms with Gasteiger partial charge in [0.05, 0.1) is 12.1 Å². The Bertz CT molecular complexity index is 1870. The van der Waals surface area contributed by atoms with E-state index in [9.17, 15) is 13.9 Å². The van der Waals surface area contributed by atoms with E-state index >= 15 is 0 Å². The third-order valence-electron chi connectivity index (χ3n) is 8.56. The molecule has 4 N–H and O–H groups in total. The molecule has 0 amide bonds. The summed E-state index contributed by atoms with van der Waals surface area (Å²) >= 11 is 0. The van der Waals surface area contributed by atoms with E-state index in [-0.39, 0.29) is 47.5 Å². The number of carbonyl (C=O) groups is 1. The summed E-state index contributed by atoms with van der Waals surface area (Å²) in [4.78, 5) is 18.1. The highest BCUT2D eigenvalue weighted by Gasteiger charge is 2.36. The number of pyridine rings is 1. The van der Waals surface area contributed by atoms with Crippen molar-refractivity contribution in [2.24, 2.45) is 0 Å². The van der Waals surface area contributed by atoms with E-state index < -0.39 is 10.8 Å². The van der Waals surface area contributed by atoms with Gasteiger partial charge in [-0.15, -0.1) is 21.0 Å². The number of hydrogen-bond acceptors (Lipinski definition) is 10. The largest absolute Gasteiger partial charge is 0.472 e. The van der Waals surface area contributed by atoms with Crippen molar-refractivity contribution in [3.8, 4) is 5.88 Å². The van der Waals surface area contributed by atoms with Gasteiger partial charge in [0.1, 0.15) is 22.3 Å². The van der Waals surface area contributed by atoms with Gasteiger partial charge in [-0.25, -0.2) is 14.3 Å². The number of carbonyl (C=O) groups excluding carboxylic acids is 1.